The predicted molar refractivity (Wildman–Crippen MR) is 83.7 cm³/mol. The van der Waals surface area contributed by atoms with Gasteiger partial charge in [0.25, 0.3) is 0 Å². The summed E-state index contributed by atoms with van der Waals surface area (Å²) in [7, 11) is 1.29. The van der Waals surface area contributed by atoms with Gasteiger partial charge in [-0.25, -0.2) is 9.59 Å². The summed E-state index contributed by atoms with van der Waals surface area (Å²) >= 11 is 0. The fourth-order valence-electron chi connectivity index (χ4n) is 1.46. The number of benzene rings is 1. The molecule has 0 aromatic heterocycles. The van der Waals surface area contributed by atoms with Crippen molar-refractivity contribution in [3.8, 4) is 0 Å². The first-order valence-corrected chi connectivity index (χ1v) is 6.92. The number of esters is 1. The summed E-state index contributed by atoms with van der Waals surface area (Å²) in [6, 6.07) is 5.07. The van der Waals surface area contributed by atoms with Gasteiger partial charge in [-0.05, 0) is 45.4 Å². The second-order valence-electron chi connectivity index (χ2n) is 5.17. The lowest BCUT2D eigenvalue weighted by molar-refractivity contribution is 0.0602. The molecule has 5 heteroatoms. The number of anilines is 1. The van der Waals surface area contributed by atoms with E-state index in [4.69, 9.17) is 4.74 Å². The van der Waals surface area contributed by atoms with Crippen LogP contribution < -0.4 is 5.32 Å². The van der Waals surface area contributed by atoms with Gasteiger partial charge in [-0.3, -0.25) is 5.32 Å². The Morgan fingerprint density at radius 2 is 1.71 bits per heavy atom. The Morgan fingerprint density at radius 1 is 1.14 bits per heavy atom. The monoisotopic (exact) mass is 295 g/mol. The molecule has 1 aromatic rings. The van der Waals surface area contributed by atoms with E-state index in [2.05, 4.69) is 10.1 Å². The average molecular weight is 295 g/mol. The molecule has 5 nitrogen and oxygen atoms in total. The molecule has 0 saturated heterocycles. The molecule has 0 saturated carbocycles. The van der Waals surface area contributed by atoms with Gasteiger partial charge in [-0.2, -0.15) is 0 Å². The topological polar surface area (TPSA) is 64.6 Å². The number of amides is 1. The van der Waals surface area contributed by atoms with Crippen LogP contribution in [0.4, 0.5) is 10.5 Å². The summed E-state index contributed by atoms with van der Waals surface area (Å²) < 4.78 is 9.82. The average Bonchev–Trinajstić information content (AvgIpc) is 2.38. The smallest absolute Gasteiger partial charge is 0.412 e. The number of methoxy groups -OCH3 is 1. The first kappa shape index (κ1) is 19.0. The third kappa shape index (κ3) is 6.79. The molecule has 1 rings (SSSR count). The molecule has 1 amide bonds. The van der Waals surface area contributed by atoms with Crippen molar-refractivity contribution in [3.05, 3.63) is 29.3 Å². The lowest BCUT2D eigenvalue weighted by Gasteiger charge is -2.20. The van der Waals surface area contributed by atoms with E-state index in [1.54, 1.807) is 39.0 Å². The molecule has 0 aliphatic rings. The minimum Gasteiger partial charge on any atom is -0.465 e. The Hall–Kier alpha value is -2.04. The van der Waals surface area contributed by atoms with E-state index in [1.165, 1.54) is 7.11 Å². The van der Waals surface area contributed by atoms with Crippen molar-refractivity contribution < 1.29 is 19.1 Å². The Labute approximate surface area is 126 Å². The fourth-order valence-corrected chi connectivity index (χ4v) is 1.46. The molecule has 1 aromatic carbocycles. The molecule has 0 radical (unpaired) electrons. The second-order valence-corrected chi connectivity index (χ2v) is 5.17. The molecule has 1 N–H and O–H groups in total. The van der Waals surface area contributed by atoms with Gasteiger partial charge >= 0.3 is 12.1 Å². The Kier molecular flexibility index (Phi) is 7.49. The lowest BCUT2D eigenvalue weighted by Crippen LogP contribution is -2.27. The molecule has 0 heterocycles. The number of hydrogen-bond donors (Lipinski definition) is 1. The summed E-state index contributed by atoms with van der Waals surface area (Å²) in [5, 5.41) is 2.56. The van der Waals surface area contributed by atoms with Crippen molar-refractivity contribution in [3.63, 3.8) is 0 Å². The van der Waals surface area contributed by atoms with Crippen LogP contribution in [0.5, 0.6) is 0 Å². The van der Waals surface area contributed by atoms with Crippen molar-refractivity contribution in [1.82, 2.24) is 0 Å². The molecular formula is C16H25NO4. The minimum absolute atomic E-state index is 0.291. The molecule has 118 valence electrons. The van der Waals surface area contributed by atoms with E-state index in [1.807, 2.05) is 20.8 Å². The third-order valence-corrected chi connectivity index (χ3v) is 2.22. The molecule has 0 aliphatic heterocycles. The SMILES string of the molecule is CC.COC(=O)c1ccc(C)cc1NC(=O)OC(C)(C)C. The van der Waals surface area contributed by atoms with Crippen LogP contribution in [0.3, 0.4) is 0 Å². The summed E-state index contributed by atoms with van der Waals surface area (Å²) in [5.41, 5.74) is 0.984. The number of carbonyl (C=O) groups is 2. The maximum absolute atomic E-state index is 11.7. The first-order valence-electron chi connectivity index (χ1n) is 6.92. The van der Waals surface area contributed by atoms with Crippen LogP contribution in [0, 0.1) is 6.92 Å². The second kappa shape index (κ2) is 8.29. The highest BCUT2D eigenvalue weighted by atomic mass is 16.6. The van der Waals surface area contributed by atoms with Crippen LogP contribution in [-0.4, -0.2) is 24.8 Å². The van der Waals surface area contributed by atoms with Gasteiger partial charge in [0.15, 0.2) is 0 Å². The van der Waals surface area contributed by atoms with Crippen molar-refractivity contribution in [2.45, 2.75) is 47.1 Å². The Bertz CT molecular complexity index is 490. The third-order valence-electron chi connectivity index (χ3n) is 2.22. The normalized spacial score (nSPS) is 10.0. The number of rotatable bonds is 2. The van der Waals surface area contributed by atoms with Gasteiger partial charge in [0.05, 0.1) is 18.4 Å². The van der Waals surface area contributed by atoms with Gasteiger partial charge in [-0.15, -0.1) is 0 Å². The summed E-state index contributed by atoms with van der Waals surface area (Å²) in [6.45, 7) is 11.2. The fraction of sp³-hybridized carbons (Fsp3) is 0.500. The Morgan fingerprint density at radius 3 is 2.19 bits per heavy atom. The summed E-state index contributed by atoms with van der Waals surface area (Å²) in [4.78, 5) is 23.3. The molecule has 0 bridgehead atoms. The van der Waals surface area contributed by atoms with Crippen LogP contribution in [0.15, 0.2) is 18.2 Å². The minimum atomic E-state index is -0.608. The highest BCUT2D eigenvalue weighted by Crippen LogP contribution is 2.19. The van der Waals surface area contributed by atoms with E-state index in [9.17, 15) is 9.59 Å². The van der Waals surface area contributed by atoms with Gasteiger partial charge in [0, 0.05) is 0 Å². The van der Waals surface area contributed by atoms with Gasteiger partial charge < -0.3 is 9.47 Å². The van der Waals surface area contributed by atoms with E-state index in [0.29, 0.717) is 11.3 Å². The molecule has 0 aliphatic carbocycles. The number of nitrogens with one attached hydrogen (secondary N) is 1. The molecule has 0 unspecified atom stereocenters. The number of aryl methyl sites for hydroxylation is 1. The lowest BCUT2D eigenvalue weighted by atomic mass is 10.1. The highest BCUT2D eigenvalue weighted by Gasteiger charge is 2.19. The Balaban J connectivity index is 0.00000191. The van der Waals surface area contributed by atoms with Crippen LogP contribution in [0.2, 0.25) is 0 Å². The van der Waals surface area contributed by atoms with E-state index in [0.717, 1.165) is 5.56 Å². The van der Waals surface area contributed by atoms with Gasteiger partial charge in [0.1, 0.15) is 5.60 Å². The van der Waals surface area contributed by atoms with Gasteiger partial charge in [-0.1, -0.05) is 19.9 Å². The maximum atomic E-state index is 11.7. The quantitative estimate of drug-likeness (QED) is 0.832. The van der Waals surface area contributed by atoms with Crippen molar-refractivity contribution >= 4 is 17.7 Å². The van der Waals surface area contributed by atoms with Crippen LogP contribution in [-0.2, 0) is 9.47 Å². The largest absolute Gasteiger partial charge is 0.465 e. The zero-order chi connectivity index (χ0) is 16.6. The van der Waals surface area contributed by atoms with Crippen molar-refractivity contribution in [1.29, 1.82) is 0 Å². The molecular weight excluding hydrogens is 270 g/mol. The molecule has 0 spiro atoms. The van der Waals surface area contributed by atoms with E-state index < -0.39 is 17.7 Å². The molecule has 0 atom stereocenters. The molecule has 0 fully saturated rings. The zero-order valence-corrected chi connectivity index (χ0v) is 13.9. The maximum Gasteiger partial charge on any atom is 0.412 e. The van der Waals surface area contributed by atoms with Crippen LogP contribution in [0.1, 0.15) is 50.5 Å². The van der Waals surface area contributed by atoms with Crippen molar-refractivity contribution in [2.75, 3.05) is 12.4 Å². The zero-order valence-electron chi connectivity index (χ0n) is 13.9. The van der Waals surface area contributed by atoms with E-state index >= 15 is 0 Å². The van der Waals surface area contributed by atoms with Gasteiger partial charge in [0.2, 0.25) is 0 Å². The first-order chi connectivity index (χ1) is 9.73. The number of hydrogen-bond acceptors (Lipinski definition) is 4. The number of ether oxygens (including phenoxy) is 2. The number of carbonyl (C=O) groups excluding carboxylic acids is 2. The predicted octanol–water partition coefficient (Wildman–Crippen LogP) is 4.15. The molecule has 21 heavy (non-hydrogen) atoms. The summed E-state index contributed by atoms with van der Waals surface area (Å²) in [5.74, 6) is -0.508. The van der Waals surface area contributed by atoms with E-state index in [-0.39, 0.29) is 0 Å². The van der Waals surface area contributed by atoms with Crippen LogP contribution in [0.25, 0.3) is 0 Å². The standard InChI is InChI=1S/C14H19NO4.C2H6/c1-9-6-7-10(12(16)18-5)11(8-9)15-13(17)19-14(2,3)4;1-2/h6-8H,1-5H3,(H,15,17);1-2H3. The van der Waals surface area contributed by atoms with Crippen molar-refractivity contribution in [2.24, 2.45) is 0 Å². The highest BCUT2D eigenvalue weighted by molar-refractivity contribution is 5.99. The van der Waals surface area contributed by atoms with Crippen LogP contribution >= 0.6 is 0 Å². The summed E-state index contributed by atoms with van der Waals surface area (Å²) in [6.07, 6.45) is -0.608.